The third-order valence-corrected chi connectivity index (χ3v) is 3.17. The highest BCUT2D eigenvalue weighted by Crippen LogP contribution is 2.16. The van der Waals surface area contributed by atoms with Gasteiger partial charge in [-0.3, -0.25) is 9.69 Å². The summed E-state index contributed by atoms with van der Waals surface area (Å²) < 4.78 is 10.3. The first kappa shape index (κ1) is 12.8. The Hall–Kier alpha value is -0.690. The first-order valence-electron chi connectivity index (χ1n) is 6.05. The lowest BCUT2D eigenvalue weighted by molar-refractivity contribution is -0.124. The highest BCUT2D eigenvalue weighted by molar-refractivity contribution is 5.78. The van der Waals surface area contributed by atoms with E-state index in [1.165, 1.54) is 0 Å². The molecule has 2 saturated heterocycles. The molecular weight excluding hydrogens is 224 g/mol. The average Bonchev–Trinajstić information content (AvgIpc) is 2.76. The molecule has 2 fully saturated rings. The number of morpholine rings is 1. The Morgan fingerprint density at radius 3 is 2.71 bits per heavy atom. The van der Waals surface area contributed by atoms with Gasteiger partial charge in [-0.15, -0.1) is 0 Å². The van der Waals surface area contributed by atoms with E-state index in [1.54, 1.807) is 0 Å². The summed E-state index contributed by atoms with van der Waals surface area (Å²) in [6.07, 6.45) is 0.588. The molecule has 0 spiro atoms. The molecule has 17 heavy (non-hydrogen) atoms. The summed E-state index contributed by atoms with van der Waals surface area (Å²) in [6, 6.07) is 0. The first-order valence-corrected chi connectivity index (χ1v) is 6.05. The van der Waals surface area contributed by atoms with Gasteiger partial charge in [0.1, 0.15) is 5.60 Å². The van der Waals surface area contributed by atoms with Crippen molar-refractivity contribution in [2.75, 3.05) is 52.6 Å². The van der Waals surface area contributed by atoms with E-state index in [0.29, 0.717) is 39.4 Å². The van der Waals surface area contributed by atoms with Crippen molar-refractivity contribution in [3.8, 4) is 0 Å². The fourth-order valence-corrected chi connectivity index (χ4v) is 2.02. The second kappa shape index (κ2) is 5.77. The number of ether oxygens (including phenoxy) is 2. The zero-order valence-electron chi connectivity index (χ0n) is 9.98. The van der Waals surface area contributed by atoms with E-state index in [2.05, 4.69) is 5.32 Å². The van der Waals surface area contributed by atoms with Crippen LogP contribution in [0.15, 0.2) is 0 Å². The fourth-order valence-electron chi connectivity index (χ4n) is 2.02. The van der Waals surface area contributed by atoms with Crippen molar-refractivity contribution in [3.05, 3.63) is 0 Å². The number of nitrogens with zero attached hydrogens (tertiary/aromatic N) is 1. The van der Waals surface area contributed by atoms with Crippen LogP contribution < -0.4 is 5.32 Å². The summed E-state index contributed by atoms with van der Waals surface area (Å²) in [6.45, 7) is 4.48. The minimum absolute atomic E-state index is 0.0489. The Kier molecular flexibility index (Phi) is 4.33. The molecule has 1 amide bonds. The number of hydrogen-bond donors (Lipinski definition) is 2. The molecule has 6 heteroatoms. The maximum absolute atomic E-state index is 11.7. The quantitative estimate of drug-likeness (QED) is 0.635. The van der Waals surface area contributed by atoms with Crippen molar-refractivity contribution in [1.82, 2.24) is 10.2 Å². The van der Waals surface area contributed by atoms with Crippen molar-refractivity contribution in [1.29, 1.82) is 0 Å². The highest BCUT2D eigenvalue weighted by atomic mass is 16.5. The molecule has 2 rings (SSSR count). The summed E-state index contributed by atoms with van der Waals surface area (Å²) in [5.74, 6) is -0.0489. The molecule has 2 aliphatic rings. The number of nitrogens with one attached hydrogen (secondary N) is 1. The lowest BCUT2D eigenvalue weighted by atomic mass is 10.0. The van der Waals surface area contributed by atoms with Crippen molar-refractivity contribution >= 4 is 5.91 Å². The fraction of sp³-hybridized carbons (Fsp3) is 0.909. The van der Waals surface area contributed by atoms with E-state index in [1.807, 2.05) is 4.90 Å². The molecule has 6 nitrogen and oxygen atoms in total. The predicted octanol–water partition coefficient (Wildman–Crippen LogP) is -1.41. The van der Waals surface area contributed by atoms with Crippen LogP contribution in [0.1, 0.15) is 6.42 Å². The van der Waals surface area contributed by atoms with E-state index >= 15 is 0 Å². The number of carbonyl (C=O) groups is 1. The van der Waals surface area contributed by atoms with Gasteiger partial charge in [0.2, 0.25) is 5.91 Å². The van der Waals surface area contributed by atoms with Gasteiger partial charge in [-0.25, -0.2) is 0 Å². The van der Waals surface area contributed by atoms with Gasteiger partial charge in [-0.05, 0) is 0 Å². The van der Waals surface area contributed by atoms with Gasteiger partial charge in [0, 0.05) is 32.7 Å². The topological polar surface area (TPSA) is 71.0 Å². The van der Waals surface area contributed by atoms with Gasteiger partial charge in [-0.1, -0.05) is 0 Å². The van der Waals surface area contributed by atoms with E-state index in [4.69, 9.17) is 9.47 Å². The number of rotatable bonds is 4. The molecule has 0 saturated carbocycles. The summed E-state index contributed by atoms with van der Waals surface area (Å²) in [4.78, 5) is 13.7. The van der Waals surface area contributed by atoms with Crippen molar-refractivity contribution in [3.63, 3.8) is 0 Å². The summed E-state index contributed by atoms with van der Waals surface area (Å²) in [5, 5.41) is 12.7. The molecular formula is C11H20N2O4. The van der Waals surface area contributed by atoms with Crippen molar-refractivity contribution in [2.45, 2.75) is 12.0 Å². The predicted molar refractivity (Wildman–Crippen MR) is 60.7 cm³/mol. The van der Waals surface area contributed by atoms with Crippen LogP contribution in [0.2, 0.25) is 0 Å². The third-order valence-electron chi connectivity index (χ3n) is 3.17. The molecule has 0 radical (unpaired) electrons. The van der Waals surface area contributed by atoms with Crippen LogP contribution in [0.4, 0.5) is 0 Å². The molecule has 0 aromatic rings. The summed E-state index contributed by atoms with van der Waals surface area (Å²) in [5.41, 5.74) is -0.874. The molecule has 0 aromatic carbocycles. The lowest BCUT2D eigenvalue weighted by Gasteiger charge is -2.27. The molecule has 1 unspecified atom stereocenters. The number of amides is 1. The second-order valence-electron chi connectivity index (χ2n) is 4.69. The zero-order chi connectivity index (χ0) is 12.1. The molecule has 1 atom stereocenters. The maximum atomic E-state index is 11.7. The largest absolute Gasteiger partial charge is 0.386 e. The Labute approximate surface area is 101 Å². The molecule has 0 aliphatic carbocycles. The second-order valence-corrected chi connectivity index (χ2v) is 4.69. The minimum Gasteiger partial charge on any atom is -0.386 e. The van der Waals surface area contributed by atoms with Gasteiger partial charge < -0.3 is 19.9 Å². The van der Waals surface area contributed by atoms with E-state index in [-0.39, 0.29) is 12.5 Å². The monoisotopic (exact) mass is 244 g/mol. The summed E-state index contributed by atoms with van der Waals surface area (Å²) in [7, 11) is 0. The van der Waals surface area contributed by atoms with Gasteiger partial charge in [-0.2, -0.15) is 0 Å². The minimum atomic E-state index is -0.874. The van der Waals surface area contributed by atoms with E-state index < -0.39 is 5.60 Å². The van der Waals surface area contributed by atoms with E-state index in [0.717, 1.165) is 13.1 Å². The standard InChI is InChI=1S/C11H20N2O4/c14-10(7-13-2-5-16-6-3-13)12-8-11(15)1-4-17-9-11/h15H,1-9H2,(H,12,14). The Balaban J connectivity index is 1.66. The van der Waals surface area contributed by atoms with Crippen molar-refractivity contribution < 1.29 is 19.4 Å². The van der Waals surface area contributed by atoms with Gasteiger partial charge in [0.15, 0.2) is 0 Å². The average molecular weight is 244 g/mol. The molecule has 0 aromatic heterocycles. The lowest BCUT2D eigenvalue weighted by Crippen LogP contribution is -2.48. The van der Waals surface area contributed by atoms with Crippen molar-refractivity contribution in [2.24, 2.45) is 0 Å². The molecule has 0 bridgehead atoms. The molecule has 2 aliphatic heterocycles. The molecule has 98 valence electrons. The van der Waals surface area contributed by atoms with Crippen LogP contribution in [-0.2, 0) is 14.3 Å². The smallest absolute Gasteiger partial charge is 0.234 e. The Morgan fingerprint density at radius 2 is 2.06 bits per heavy atom. The Morgan fingerprint density at radius 1 is 1.29 bits per heavy atom. The summed E-state index contributed by atoms with van der Waals surface area (Å²) >= 11 is 0. The zero-order valence-corrected chi connectivity index (χ0v) is 9.98. The van der Waals surface area contributed by atoms with Crippen LogP contribution in [-0.4, -0.2) is 74.1 Å². The van der Waals surface area contributed by atoms with Crippen LogP contribution in [0, 0.1) is 0 Å². The van der Waals surface area contributed by atoms with Gasteiger partial charge >= 0.3 is 0 Å². The third kappa shape index (κ3) is 3.92. The molecule has 2 N–H and O–H groups in total. The number of hydrogen-bond acceptors (Lipinski definition) is 5. The Bertz CT molecular complexity index is 260. The normalized spacial score (nSPS) is 30.4. The number of carbonyl (C=O) groups excluding carboxylic acids is 1. The van der Waals surface area contributed by atoms with E-state index in [9.17, 15) is 9.90 Å². The SMILES string of the molecule is O=C(CN1CCOCC1)NCC1(O)CCOC1. The van der Waals surface area contributed by atoms with Gasteiger partial charge in [0.25, 0.3) is 0 Å². The van der Waals surface area contributed by atoms with Crippen LogP contribution in [0.25, 0.3) is 0 Å². The van der Waals surface area contributed by atoms with Crippen LogP contribution >= 0.6 is 0 Å². The maximum Gasteiger partial charge on any atom is 0.234 e. The van der Waals surface area contributed by atoms with Crippen LogP contribution in [0.5, 0.6) is 0 Å². The van der Waals surface area contributed by atoms with Crippen LogP contribution in [0.3, 0.4) is 0 Å². The first-order chi connectivity index (χ1) is 8.18. The van der Waals surface area contributed by atoms with Gasteiger partial charge in [0.05, 0.1) is 26.4 Å². The highest BCUT2D eigenvalue weighted by Gasteiger charge is 2.32. The number of aliphatic hydroxyl groups is 1. The molecule has 2 heterocycles.